The second-order valence-electron chi connectivity index (χ2n) is 2.75. The number of cyclic esters (lactones) is 1. The minimum absolute atomic E-state index is 0.179. The minimum atomic E-state index is -0.647. The zero-order valence-electron chi connectivity index (χ0n) is 6.97. The smallest absolute Gasteiger partial charge is 0.431 e. The summed E-state index contributed by atoms with van der Waals surface area (Å²) in [6, 6.07) is 0. The summed E-state index contributed by atoms with van der Waals surface area (Å²) < 4.78 is 6.46. The van der Waals surface area contributed by atoms with Gasteiger partial charge in [0.15, 0.2) is 11.9 Å². The van der Waals surface area contributed by atoms with E-state index < -0.39 is 12.2 Å². The van der Waals surface area contributed by atoms with Crippen molar-refractivity contribution >= 4 is 11.9 Å². The number of aryl methyl sites for hydroxylation is 1. The molecule has 2 rings (SSSR count). The standard InChI is InChI=1S/C7H8N4O2/c1-11-3-4(2-9-11)5-6(8)10-7(12)13-5/h2-3,5H,1H3,(H2,8,10,12). The number of ether oxygens (including phenoxy) is 1. The van der Waals surface area contributed by atoms with Crippen molar-refractivity contribution in [3.63, 3.8) is 0 Å². The molecule has 1 amide bonds. The van der Waals surface area contributed by atoms with Crippen LogP contribution in [0.2, 0.25) is 0 Å². The number of nitrogens with two attached hydrogens (primary N) is 1. The van der Waals surface area contributed by atoms with Crippen LogP contribution in [0.25, 0.3) is 0 Å². The third kappa shape index (κ3) is 1.26. The molecular formula is C7H8N4O2. The normalized spacial score (nSPS) is 21.5. The fourth-order valence-electron chi connectivity index (χ4n) is 1.17. The third-order valence-electron chi connectivity index (χ3n) is 1.74. The average Bonchev–Trinajstić information content (AvgIpc) is 2.58. The number of hydrogen-bond acceptors (Lipinski definition) is 4. The maximum Gasteiger partial charge on any atom is 0.436 e. The Bertz CT molecular complexity index is 382. The van der Waals surface area contributed by atoms with Crippen LogP contribution in [0.15, 0.2) is 17.4 Å². The second-order valence-corrected chi connectivity index (χ2v) is 2.75. The zero-order valence-corrected chi connectivity index (χ0v) is 6.97. The SMILES string of the molecule is Cn1cc(C2OC(=O)N=C2N)cn1. The van der Waals surface area contributed by atoms with Crippen molar-refractivity contribution in [2.24, 2.45) is 17.8 Å². The molecule has 1 aliphatic rings. The number of amidine groups is 1. The monoisotopic (exact) mass is 180 g/mol. The van der Waals surface area contributed by atoms with Crippen molar-refractivity contribution in [2.75, 3.05) is 0 Å². The Hall–Kier alpha value is -1.85. The van der Waals surface area contributed by atoms with Gasteiger partial charge in [-0.25, -0.2) is 4.79 Å². The van der Waals surface area contributed by atoms with Crippen LogP contribution in [0, 0.1) is 0 Å². The van der Waals surface area contributed by atoms with Gasteiger partial charge in [-0.2, -0.15) is 10.1 Å². The van der Waals surface area contributed by atoms with Gasteiger partial charge in [0, 0.05) is 18.8 Å². The first-order valence-corrected chi connectivity index (χ1v) is 3.70. The highest BCUT2D eigenvalue weighted by molar-refractivity contribution is 5.99. The Labute approximate surface area is 74.0 Å². The van der Waals surface area contributed by atoms with Crippen LogP contribution in [0.5, 0.6) is 0 Å². The van der Waals surface area contributed by atoms with Crippen LogP contribution in [0.4, 0.5) is 4.79 Å². The maximum atomic E-state index is 10.7. The van der Waals surface area contributed by atoms with E-state index in [4.69, 9.17) is 10.5 Å². The quantitative estimate of drug-likeness (QED) is 0.657. The number of hydrogen-bond donors (Lipinski definition) is 1. The first-order valence-electron chi connectivity index (χ1n) is 3.70. The Morgan fingerprint density at radius 2 is 2.46 bits per heavy atom. The van der Waals surface area contributed by atoms with Crippen molar-refractivity contribution < 1.29 is 9.53 Å². The molecule has 6 nitrogen and oxygen atoms in total. The van der Waals surface area contributed by atoms with E-state index in [2.05, 4.69) is 10.1 Å². The second kappa shape index (κ2) is 2.58. The van der Waals surface area contributed by atoms with Crippen LogP contribution in [-0.2, 0) is 11.8 Å². The number of nitrogens with zero attached hydrogens (tertiary/aromatic N) is 3. The summed E-state index contributed by atoms with van der Waals surface area (Å²) in [4.78, 5) is 14.2. The number of rotatable bonds is 1. The van der Waals surface area contributed by atoms with E-state index in [0.29, 0.717) is 0 Å². The fraction of sp³-hybridized carbons (Fsp3) is 0.286. The van der Waals surface area contributed by atoms with Crippen LogP contribution < -0.4 is 5.73 Å². The maximum absolute atomic E-state index is 10.7. The van der Waals surface area contributed by atoms with E-state index in [1.807, 2.05) is 0 Å². The molecule has 1 aliphatic heterocycles. The summed E-state index contributed by atoms with van der Waals surface area (Å²) in [5.74, 6) is 0.179. The van der Waals surface area contributed by atoms with Gasteiger partial charge in [0.2, 0.25) is 0 Å². The molecule has 0 saturated heterocycles. The van der Waals surface area contributed by atoms with Gasteiger partial charge >= 0.3 is 6.09 Å². The van der Waals surface area contributed by atoms with Crippen LogP contribution in [-0.4, -0.2) is 21.7 Å². The molecule has 68 valence electrons. The highest BCUT2D eigenvalue weighted by atomic mass is 16.6. The molecule has 1 unspecified atom stereocenters. The number of amides is 1. The molecule has 2 N–H and O–H groups in total. The van der Waals surface area contributed by atoms with Gasteiger partial charge in [-0.1, -0.05) is 0 Å². The molecule has 0 spiro atoms. The summed E-state index contributed by atoms with van der Waals surface area (Å²) in [6.07, 6.45) is 2.10. The molecule has 13 heavy (non-hydrogen) atoms. The first kappa shape index (κ1) is 7.78. The molecule has 6 heteroatoms. The minimum Gasteiger partial charge on any atom is -0.431 e. The molecular weight excluding hydrogens is 172 g/mol. The van der Waals surface area contributed by atoms with E-state index in [1.54, 1.807) is 24.1 Å². The van der Waals surface area contributed by atoms with E-state index in [-0.39, 0.29) is 5.84 Å². The number of carbonyl (C=O) groups is 1. The van der Waals surface area contributed by atoms with Crippen LogP contribution in [0.1, 0.15) is 11.7 Å². The average molecular weight is 180 g/mol. The Balaban J connectivity index is 2.29. The lowest BCUT2D eigenvalue weighted by molar-refractivity contribution is 0.149. The molecule has 0 aromatic carbocycles. The number of aliphatic imine (C=N–C) groups is 1. The van der Waals surface area contributed by atoms with Gasteiger partial charge < -0.3 is 10.5 Å². The van der Waals surface area contributed by atoms with Gasteiger partial charge in [-0.3, -0.25) is 4.68 Å². The molecule has 0 bridgehead atoms. The van der Waals surface area contributed by atoms with Gasteiger partial charge in [0.25, 0.3) is 0 Å². The number of aromatic nitrogens is 2. The summed E-state index contributed by atoms with van der Waals surface area (Å²) >= 11 is 0. The lowest BCUT2D eigenvalue weighted by Crippen LogP contribution is -2.18. The predicted octanol–water partition coefficient (Wildman–Crippen LogP) is -0.0314. The summed E-state index contributed by atoms with van der Waals surface area (Å²) in [6.45, 7) is 0. The lowest BCUT2D eigenvalue weighted by atomic mass is 10.2. The fourth-order valence-corrected chi connectivity index (χ4v) is 1.17. The molecule has 1 atom stereocenters. The van der Waals surface area contributed by atoms with E-state index in [9.17, 15) is 4.79 Å². The van der Waals surface area contributed by atoms with Gasteiger partial charge in [0.05, 0.1) is 6.20 Å². The lowest BCUT2D eigenvalue weighted by Gasteiger charge is -2.05. The molecule has 2 heterocycles. The van der Waals surface area contributed by atoms with Crippen molar-refractivity contribution in [1.29, 1.82) is 0 Å². The van der Waals surface area contributed by atoms with Crippen molar-refractivity contribution in [3.05, 3.63) is 18.0 Å². The highest BCUT2D eigenvalue weighted by Crippen LogP contribution is 2.21. The highest BCUT2D eigenvalue weighted by Gasteiger charge is 2.28. The molecule has 0 aliphatic carbocycles. The van der Waals surface area contributed by atoms with Crippen LogP contribution in [0.3, 0.4) is 0 Å². The van der Waals surface area contributed by atoms with E-state index in [1.165, 1.54) is 0 Å². The third-order valence-corrected chi connectivity index (χ3v) is 1.74. The molecule has 0 fully saturated rings. The van der Waals surface area contributed by atoms with Gasteiger partial charge in [0.1, 0.15) is 0 Å². The largest absolute Gasteiger partial charge is 0.436 e. The molecule has 0 saturated carbocycles. The summed E-state index contributed by atoms with van der Waals surface area (Å²) in [5, 5.41) is 3.94. The molecule has 1 aromatic rings. The van der Waals surface area contributed by atoms with Crippen molar-refractivity contribution in [3.8, 4) is 0 Å². The first-order chi connectivity index (χ1) is 6.16. The van der Waals surface area contributed by atoms with E-state index >= 15 is 0 Å². The molecule has 0 radical (unpaired) electrons. The van der Waals surface area contributed by atoms with Gasteiger partial charge in [-0.15, -0.1) is 0 Å². The van der Waals surface area contributed by atoms with Crippen LogP contribution >= 0.6 is 0 Å². The predicted molar refractivity (Wildman–Crippen MR) is 44.1 cm³/mol. The van der Waals surface area contributed by atoms with E-state index in [0.717, 1.165) is 5.56 Å². The number of carbonyl (C=O) groups excluding carboxylic acids is 1. The summed E-state index contributed by atoms with van der Waals surface area (Å²) in [5.41, 5.74) is 6.21. The van der Waals surface area contributed by atoms with Gasteiger partial charge in [-0.05, 0) is 0 Å². The Morgan fingerprint density at radius 1 is 1.69 bits per heavy atom. The summed E-state index contributed by atoms with van der Waals surface area (Å²) in [7, 11) is 1.77. The van der Waals surface area contributed by atoms with Crippen molar-refractivity contribution in [2.45, 2.75) is 6.10 Å². The van der Waals surface area contributed by atoms with Crippen molar-refractivity contribution in [1.82, 2.24) is 9.78 Å². The Kier molecular flexibility index (Phi) is 1.54. The Morgan fingerprint density at radius 3 is 2.92 bits per heavy atom. The molecule has 1 aromatic heterocycles. The topological polar surface area (TPSA) is 82.5 Å². The zero-order chi connectivity index (χ0) is 9.42.